The number of hydrogen-bond acceptors (Lipinski definition) is 5. The molecule has 0 bridgehead atoms. The molecule has 0 saturated carbocycles. The Balaban J connectivity index is 1.76. The zero-order valence-electron chi connectivity index (χ0n) is 17.1. The Labute approximate surface area is 182 Å². The van der Waals surface area contributed by atoms with Crippen LogP contribution in [-0.4, -0.2) is 57.6 Å². The summed E-state index contributed by atoms with van der Waals surface area (Å²) in [5.41, 5.74) is 0.847. The number of likely N-dealkylation sites (tertiary alicyclic amines) is 1. The first-order valence-corrected chi connectivity index (χ1v) is 11.6. The van der Waals surface area contributed by atoms with Crippen LogP contribution in [0.2, 0.25) is 5.02 Å². The fraction of sp³-hybridized carbons (Fsp3) is 0.571. The molecule has 8 heteroatoms. The van der Waals surface area contributed by atoms with Gasteiger partial charge in [0.1, 0.15) is 0 Å². The van der Waals surface area contributed by atoms with E-state index >= 15 is 0 Å². The van der Waals surface area contributed by atoms with Crippen LogP contribution in [0.5, 0.6) is 0 Å². The Bertz CT molecular complexity index is 814. The minimum absolute atomic E-state index is 0.187. The van der Waals surface area contributed by atoms with Crippen LogP contribution in [0.3, 0.4) is 0 Å². The van der Waals surface area contributed by atoms with E-state index in [2.05, 4.69) is 22.0 Å². The highest BCUT2D eigenvalue weighted by Gasteiger charge is 2.26. The molecule has 1 fully saturated rings. The van der Waals surface area contributed by atoms with Crippen LogP contribution in [-0.2, 0) is 16.1 Å². The SMILES string of the molecule is CCC1CCCCN1C(=O)CSc1nnc(-c2ccccc2Cl)n1CCCOC. The summed E-state index contributed by atoms with van der Waals surface area (Å²) in [5.74, 6) is 1.29. The standard InChI is InChI=1S/C21H29ClN4O2S/c1-3-16-9-6-7-12-25(16)19(27)15-29-21-24-23-20(26(21)13-8-14-28-2)17-10-4-5-11-18(17)22/h4-5,10-11,16H,3,6-9,12-15H2,1-2H3. The lowest BCUT2D eigenvalue weighted by Crippen LogP contribution is -2.44. The number of benzene rings is 1. The van der Waals surface area contributed by atoms with Crippen LogP contribution in [0.1, 0.15) is 39.0 Å². The lowest BCUT2D eigenvalue weighted by atomic mass is 10.0. The Morgan fingerprint density at radius 3 is 2.90 bits per heavy atom. The summed E-state index contributed by atoms with van der Waals surface area (Å²) in [6.45, 7) is 4.38. The molecule has 0 aliphatic carbocycles. The van der Waals surface area contributed by atoms with Crippen molar-refractivity contribution >= 4 is 29.3 Å². The highest BCUT2D eigenvalue weighted by molar-refractivity contribution is 7.99. The quantitative estimate of drug-likeness (QED) is 0.427. The lowest BCUT2D eigenvalue weighted by Gasteiger charge is -2.35. The smallest absolute Gasteiger partial charge is 0.233 e. The molecule has 1 amide bonds. The van der Waals surface area contributed by atoms with Gasteiger partial charge in [-0.3, -0.25) is 4.79 Å². The van der Waals surface area contributed by atoms with Crippen molar-refractivity contribution in [3.63, 3.8) is 0 Å². The first-order chi connectivity index (χ1) is 14.2. The first-order valence-electron chi connectivity index (χ1n) is 10.2. The van der Waals surface area contributed by atoms with Gasteiger partial charge in [0, 0.05) is 38.4 Å². The minimum atomic E-state index is 0.187. The summed E-state index contributed by atoms with van der Waals surface area (Å²) >= 11 is 7.84. The topological polar surface area (TPSA) is 60.2 Å². The van der Waals surface area contributed by atoms with Crippen LogP contribution >= 0.6 is 23.4 Å². The second-order valence-corrected chi connectivity index (χ2v) is 8.57. The number of thioether (sulfide) groups is 1. The third-order valence-electron chi connectivity index (χ3n) is 5.31. The van der Waals surface area contributed by atoms with E-state index in [4.69, 9.17) is 16.3 Å². The predicted molar refractivity (Wildman–Crippen MR) is 117 cm³/mol. The molecular formula is C21H29ClN4O2S. The van der Waals surface area contributed by atoms with Crippen LogP contribution in [0.4, 0.5) is 0 Å². The van der Waals surface area contributed by atoms with Gasteiger partial charge in [-0.1, -0.05) is 42.4 Å². The molecule has 1 aromatic heterocycles. The maximum atomic E-state index is 12.8. The van der Waals surface area contributed by atoms with Gasteiger partial charge in [0.25, 0.3) is 0 Å². The van der Waals surface area contributed by atoms with Gasteiger partial charge < -0.3 is 14.2 Å². The van der Waals surface area contributed by atoms with Gasteiger partial charge in [-0.05, 0) is 44.2 Å². The lowest BCUT2D eigenvalue weighted by molar-refractivity contribution is -0.132. The number of rotatable bonds is 9. The van der Waals surface area contributed by atoms with Crippen LogP contribution < -0.4 is 0 Å². The molecule has 1 aliphatic rings. The molecule has 29 heavy (non-hydrogen) atoms. The average Bonchev–Trinajstić information content (AvgIpc) is 3.15. The summed E-state index contributed by atoms with van der Waals surface area (Å²) in [5, 5.41) is 10.1. The number of methoxy groups -OCH3 is 1. The van der Waals surface area contributed by atoms with Crippen molar-refractivity contribution in [3.05, 3.63) is 29.3 Å². The van der Waals surface area contributed by atoms with E-state index < -0.39 is 0 Å². The normalized spacial score (nSPS) is 16.9. The van der Waals surface area contributed by atoms with Crippen LogP contribution in [0, 0.1) is 0 Å². The molecular weight excluding hydrogens is 408 g/mol. The maximum Gasteiger partial charge on any atom is 0.233 e. The number of carbonyl (C=O) groups excluding carboxylic acids is 1. The largest absolute Gasteiger partial charge is 0.385 e. The number of carbonyl (C=O) groups is 1. The fourth-order valence-electron chi connectivity index (χ4n) is 3.77. The number of aromatic nitrogens is 3. The molecule has 0 radical (unpaired) electrons. The molecule has 3 rings (SSSR count). The highest BCUT2D eigenvalue weighted by Crippen LogP contribution is 2.30. The predicted octanol–water partition coefficient (Wildman–Crippen LogP) is 4.52. The van der Waals surface area contributed by atoms with Gasteiger partial charge in [-0.2, -0.15) is 0 Å². The molecule has 1 aromatic carbocycles. The molecule has 0 spiro atoms. The molecule has 1 unspecified atom stereocenters. The third-order valence-corrected chi connectivity index (χ3v) is 6.59. The number of nitrogens with zero attached hydrogens (tertiary/aromatic N) is 4. The zero-order valence-corrected chi connectivity index (χ0v) is 18.7. The number of piperidine rings is 1. The van der Waals surface area contributed by atoms with Gasteiger partial charge >= 0.3 is 0 Å². The van der Waals surface area contributed by atoms with Crippen molar-refractivity contribution in [2.75, 3.05) is 26.0 Å². The van der Waals surface area contributed by atoms with Crippen molar-refractivity contribution in [1.29, 1.82) is 0 Å². The number of halogens is 1. The molecule has 0 N–H and O–H groups in total. The monoisotopic (exact) mass is 436 g/mol. The van der Waals surface area contributed by atoms with E-state index in [9.17, 15) is 4.79 Å². The highest BCUT2D eigenvalue weighted by atomic mass is 35.5. The van der Waals surface area contributed by atoms with Gasteiger partial charge in [-0.25, -0.2) is 0 Å². The Kier molecular flexibility index (Phi) is 8.39. The summed E-state index contributed by atoms with van der Waals surface area (Å²) in [4.78, 5) is 14.9. The Hall–Kier alpha value is -1.57. The van der Waals surface area contributed by atoms with E-state index in [1.807, 2.05) is 28.8 Å². The first kappa shape index (κ1) is 22.1. The van der Waals surface area contributed by atoms with E-state index in [-0.39, 0.29) is 5.91 Å². The molecule has 2 aromatic rings. The van der Waals surface area contributed by atoms with Gasteiger partial charge in [0.05, 0.1) is 10.8 Å². The zero-order chi connectivity index (χ0) is 20.6. The fourth-order valence-corrected chi connectivity index (χ4v) is 4.84. The Morgan fingerprint density at radius 1 is 1.31 bits per heavy atom. The van der Waals surface area contributed by atoms with Crippen molar-refractivity contribution in [2.45, 2.75) is 56.8 Å². The minimum Gasteiger partial charge on any atom is -0.385 e. The molecule has 1 saturated heterocycles. The number of ether oxygens (including phenoxy) is 1. The summed E-state index contributed by atoms with van der Waals surface area (Å²) < 4.78 is 7.25. The van der Waals surface area contributed by atoms with E-state index in [1.54, 1.807) is 7.11 Å². The number of amides is 1. The van der Waals surface area contributed by atoms with E-state index in [1.165, 1.54) is 18.2 Å². The van der Waals surface area contributed by atoms with Crippen molar-refractivity contribution in [1.82, 2.24) is 19.7 Å². The maximum absolute atomic E-state index is 12.8. The van der Waals surface area contributed by atoms with Gasteiger partial charge in [0.15, 0.2) is 11.0 Å². The van der Waals surface area contributed by atoms with Crippen molar-refractivity contribution in [3.8, 4) is 11.4 Å². The van der Waals surface area contributed by atoms with Gasteiger partial charge in [0.2, 0.25) is 5.91 Å². The summed E-state index contributed by atoms with van der Waals surface area (Å²) in [7, 11) is 1.69. The second kappa shape index (κ2) is 11.0. The molecule has 158 valence electrons. The van der Waals surface area contributed by atoms with Gasteiger partial charge in [-0.15, -0.1) is 10.2 Å². The third kappa shape index (κ3) is 5.53. The van der Waals surface area contributed by atoms with Crippen LogP contribution in [0.25, 0.3) is 11.4 Å². The molecule has 6 nitrogen and oxygen atoms in total. The average molecular weight is 437 g/mol. The summed E-state index contributed by atoms with van der Waals surface area (Å²) in [6.07, 6.45) is 5.26. The number of hydrogen-bond donors (Lipinski definition) is 0. The second-order valence-electron chi connectivity index (χ2n) is 7.22. The molecule has 1 aliphatic heterocycles. The van der Waals surface area contributed by atoms with E-state index in [0.29, 0.717) is 30.0 Å². The van der Waals surface area contributed by atoms with Crippen molar-refractivity contribution < 1.29 is 9.53 Å². The van der Waals surface area contributed by atoms with Crippen molar-refractivity contribution in [2.24, 2.45) is 0 Å². The van der Waals surface area contributed by atoms with E-state index in [0.717, 1.165) is 48.8 Å². The summed E-state index contributed by atoms with van der Waals surface area (Å²) in [6, 6.07) is 8.00. The molecule has 2 heterocycles. The Morgan fingerprint density at radius 2 is 2.14 bits per heavy atom. The molecule has 1 atom stereocenters. The van der Waals surface area contributed by atoms with Crippen LogP contribution in [0.15, 0.2) is 29.4 Å².